The number of aliphatic hydroxyl groups excluding tert-OH is 1. The average Bonchev–Trinajstić information content (AvgIpc) is 2.36. The molecule has 1 rings (SSSR count). The minimum absolute atomic E-state index is 0.00961. The van der Waals surface area contributed by atoms with E-state index in [-0.39, 0.29) is 16.3 Å². The van der Waals surface area contributed by atoms with E-state index in [1.165, 1.54) is 19.2 Å². The van der Waals surface area contributed by atoms with Crippen molar-refractivity contribution >= 4 is 21.4 Å². The second-order valence-electron chi connectivity index (χ2n) is 3.89. The highest BCUT2D eigenvalue weighted by atomic mass is 32.2. The van der Waals surface area contributed by atoms with Crippen LogP contribution in [0.5, 0.6) is 0 Å². The highest BCUT2D eigenvalue weighted by Crippen LogP contribution is 2.25. The minimum Gasteiger partial charge on any atom is -0.397 e. The molecule has 1 atom stereocenters. The monoisotopic (exact) mass is 313 g/mol. The number of rotatable bonds is 5. The van der Waals surface area contributed by atoms with Gasteiger partial charge in [-0.05, 0) is 25.2 Å². The first kappa shape index (κ1) is 16.5. The minimum atomic E-state index is -4.77. The number of halogens is 3. The van der Waals surface area contributed by atoms with Gasteiger partial charge in [0.2, 0.25) is 10.0 Å². The van der Waals surface area contributed by atoms with Gasteiger partial charge in [-0.1, -0.05) is 0 Å². The molecule has 0 aromatic heterocycles. The van der Waals surface area contributed by atoms with Crippen LogP contribution in [0.3, 0.4) is 0 Å². The van der Waals surface area contributed by atoms with Crippen molar-refractivity contribution in [2.45, 2.75) is 17.2 Å². The summed E-state index contributed by atoms with van der Waals surface area (Å²) in [4.78, 5) is -0.154. The lowest BCUT2D eigenvalue weighted by Gasteiger charge is -2.17. The Balaban J connectivity index is 2.94. The summed E-state index contributed by atoms with van der Waals surface area (Å²) in [6.45, 7) is -0.837. The zero-order valence-corrected chi connectivity index (χ0v) is 11.2. The third-order valence-electron chi connectivity index (χ3n) is 2.47. The summed E-state index contributed by atoms with van der Waals surface area (Å²) < 4.78 is 61.6. The van der Waals surface area contributed by atoms with Crippen LogP contribution in [-0.2, 0) is 10.0 Å². The number of anilines is 2. The molecule has 0 aliphatic carbocycles. The Labute approximate surface area is 113 Å². The number of aliphatic hydroxyl groups is 1. The Kier molecular flexibility index (Phi) is 4.84. The Morgan fingerprint density at radius 3 is 2.50 bits per heavy atom. The molecule has 0 spiro atoms. The SMILES string of the molecule is CNS(=O)(=O)c1ccc(N)c(NCC(O)C(F)(F)F)c1. The summed E-state index contributed by atoms with van der Waals surface area (Å²) in [6.07, 6.45) is -7.34. The zero-order chi connectivity index (χ0) is 15.6. The van der Waals surface area contributed by atoms with Crippen molar-refractivity contribution in [3.63, 3.8) is 0 Å². The third-order valence-corrected chi connectivity index (χ3v) is 3.88. The summed E-state index contributed by atoms with van der Waals surface area (Å²) in [5.41, 5.74) is 5.58. The van der Waals surface area contributed by atoms with Crippen LogP contribution in [0.2, 0.25) is 0 Å². The fourth-order valence-electron chi connectivity index (χ4n) is 1.30. The quantitative estimate of drug-likeness (QED) is 0.593. The van der Waals surface area contributed by atoms with Gasteiger partial charge in [-0.2, -0.15) is 13.2 Å². The first-order valence-electron chi connectivity index (χ1n) is 5.39. The summed E-state index contributed by atoms with van der Waals surface area (Å²) in [5.74, 6) is 0. The lowest BCUT2D eigenvalue weighted by atomic mass is 10.2. The Bertz CT molecular complexity index is 575. The average molecular weight is 313 g/mol. The van der Waals surface area contributed by atoms with Crippen molar-refractivity contribution in [1.29, 1.82) is 0 Å². The van der Waals surface area contributed by atoms with Crippen molar-refractivity contribution in [3.05, 3.63) is 18.2 Å². The normalized spacial score (nSPS) is 14.1. The zero-order valence-electron chi connectivity index (χ0n) is 10.4. The van der Waals surface area contributed by atoms with Gasteiger partial charge in [0.15, 0.2) is 6.10 Å². The van der Waals surface area contributed by atoms with Crippen LogP contribution in [0.15, 0.2) is 23.1 Å². The molecule has 0 bridgehead atoms. The molecule has 0 amide bonds. The molecule has 114 valence electrons. The Morgan fingerprint density at radius 1 is 1.40 bits per heavy atom. The lowest BCUT2D eigenvalue weighted by molar-refractivity contribution is -0.198. The number of benzene rings is 1. The van der Waals surface area contributed by atoms with Crippen LogP contribution in [-0.4, -0.2) is 39.4 Å². The summed E-state index contributed by atoms with van der Waals surface area (Å²) in [5, 5.41) is 11.1. The van der Waals surface area contributed by atoms with E-state index in [1.807, 2.05) is 0 Å². The van der Waals surface area contributed by atoms with Crippen LogP contribution in [0.4, 0.5) is 24.5 Å². The third kappa shape index (κ3) is 3.99. The molecule has 20 heavy (non-hydrogen) atoms. The van der Waals surface area contributed by atoms with Crippen molar-refractivity contribution in [2.75, 3.05) is 24.6 Å². The number of nitrogens with one attached hydrogen (secondary N) is 2. The molecule has 0 heterocycles. The second kappa shape index (κ2) is 5.85. The van der Waals surface area contributed by atoms with Crippen molar-refractivity contribution in [3.8, 4) is 0 Å². The molecule has 0 saturated heterocycles. The largest absolute Gasteiger partial charge is 0.416 e. The molecule has 1 unspecified atom stereocenters. The molecule has 0 saturated carbocycles. The van der Waals surface area contributed by atoms with Crippen LogP contribution >= 0.6 is 0 Å². The van der Waals surface area contributed by atoms with Gasteiger partial charge in [0.05, 0.1) is 16.3 Å². The van der Waals surface area contributed by atoms with E-state index < -0.39 is 28.8 Å². The molecule has 1 aromatic carbocycles. The van der Waals surface area contributed by atoms with Crippen LogP contribution < -0.4 is 15.8 Å². The number of alkyl halides is 3. The Morgan fingerprint density at radius 2 is 2.00 bits per heavy atom. The molecular formula is C10H14F3N3O3S. The van der Waals surface area contributed by atoms with Gasteiger partial charge in [0.25, 0.3) is 0 Å². The number of hydrogen-bond acceptors (Lipinski definition) is 5. The summed E-state index contributed by atoms with van der Waals surface area (Å²) in [7, 11) is -2.53. The molecular weight excluding hydrogens is 299 g/mol. The smallest absolute Gasteiger partial charge is 0.397 e. The molecule has 0 aliphatic rings. The molecule has 0 radical (unpaired) electrons. The number of nitrogens with two attached hydrogens (primary N) is 1. The van der Waals surface area contributed by atoms with E-state index in [2.05, 4.69) is 10.0 Å². The van der Waals surface area contributed by atoms with Gasteiger partial charge < -0.3 is 16.2 Å². The highest BCUT2D eigenvalue weighted by molar-refractivity contribution is 7.89. The molecule has 1 aromatic rings. The fourth-order valence-corrected chi connectivity index (χ4v) is 2.05. The van der Waals surface area contributed by atoms with Crippen LogP contribution in [0.1, 0.15) is 0 Å². The van der Waals surface area contributed by atoms with E-state index in [4.69, 9.17) is 10.8 Å². The molecule has 0 aliphatic heterocycles. The van der Waals surface area contributed by atoms with Gasteiger partial charge in [-0.15, -0.1) is 0 Å². The standard InChI is InChI=1S/C10H14F3N3O3S/c1-15-20(18,19)6-2-3-7(14)8(4-6)16-5-9(17)10(11,12)13/h2-4,9,15-17H,5,14H2,1H3. The maximum absolute atomic E-state index is 12.1. The van der Waals surface area contributed by atoms with Gasteiger partial charge in [-0.3, -0.25) is 0 Å². The van der Waals surface area contributed by atoms with Crippen LogP contribution in [0, 0.1) is 0 Å². The molecule has 0 fully saturated rings. The van der Waals surface area contributed by atoms with Gasteiger partial charge in [-0.25, -0.2) is 13.1 Å². The molecule has 10 heteroatoms. The summed E-state index contributed by atoms with van der Waals surface area (Å²) in [6, 6.07) is 3.54. The number of hydrogen-bond donors (Lipinski definition) is 4. The van der Waals surface area contributed by atoms with Crippen molar-refractivity contribution in [2.24, 2.45) is 0 Å². The van der Waals surface area contributed by atoms with Gasteiger partial charge in [0.1, 0.15) is 0 Å². The van der Waals surface area contributed by atoms with E-state index in [9.17, 15) is 21.6 Å². The van der Waals surface area contributed by atoms with E-state index >= 15 is 0 Å². The highest BCUT2D eigenvalue weighted by Gasteiger charge is 2.37. The fraction of sp³-hybridized carbons (Fsp3) is 0.400. The van der Waals surface area contributed by atoms with Crippen molar-refractivity contribution in [1.82, 2.24) is 4.72 Å². The molecule has 5 N–H and O–H groups in total. The van der Waals surface area contributed by atoms with E-state index in [1.54, 1.807) is 0 Å². The maximum Gasteiger partial charge on any atom is 0.416 e. The Hall–Kier alpha value is -1.52. The van der Waals surface area contributed by atoms with E-state index in [0.29, 0.717) is 0 Å². The van der Waals surface area contributed by atoms with Gasteiger partial charge >= 0.3 is 6.18 Å². The summed E-state index contributed by atoms with van der Waals surface area (Å²) >= 11 is 0. The first-order valence-corrected chi connectivity index (χ1v) is 6.88. The number of sulfonamides is 1. The van der Waals surface area contributed by atoms with Gasteiger partial charge in [0, 0.05) is 6.54 Å². The second-order valence-corrected chi connectivity index (χ2v) is 5.78. The maximum atomic E-state index is 12.1. The first-order chi connectivity index (χ1) is 9.08. The lowest BCUT2D eigenvalue weighted by Crippen LogP contribution is -2.35. The number of nitrogen functional groups attached to an aromatic ring is 1. The van der Waals surface area contributed by atoms with Crippen LogP contribution in [0.25, 0.3) is 0 Å². The topological polar surface area (TPSA) is 104 Å². The molecule has 6 nitrogen and oxygen atoms in total. The van der Waals surface area contributed by atoms with E-state index in [0.717, 1.165) is 6.07 Å². The predicted molar refractivity (Wildman–Crippen MR) is 67.7 cm³/mol. The van der Waals surface area contributed by atoms with Crippen molar-refractivity contribution < 1.29 is 26.7 Å². The predicted octanol–water partition coefficient (Wildman–Crippen LogP) is 0.512.